The number of nitrogen functional groups attached to an aromatic ring is 1. The molecule has 0 saturated heterocycles. The van der Waals surface area contributed by atoms with E-state index in [0.29, 0.717) is 28.5 Å². The Hall–Kier alpha value is -2.04. The first kappa shape index (κ1) is 16.8. The minimum atomic E-state index is -0.397. The number of aromatic nitrogens is 2. The van der Waals surface area contributed by atoms with E-state index >= 15 is 0 Å². The maximum atomic E-state index is 14.2. The number of rotatable bonds is 4. The van der Waals surface area contributed by atoms with Gasteiger partial charge in [-0.15, -0.1) is 0 Å². The van der Waals surface area contributed by atoms with Crippen LogP contribution in [0, 0.1) is 17.7 Å². The van der Waals surface area contributed by atoms with Crippen LogP contribution in [-0.2, 0) is 0 Å². The van der Waals surface area contributed by atoms with Crippen molar-refractivity contribution in [3.8, 4) is 5.75 Å². The highest BCUT2D eigenvalue weighted by Crippen LogP contribution is 2.34. The molecule has 0 aliphatic heterocycles. The van der Waals surface area contributed by atoms with Crippen molar-refractivity contribution in [2.75, 3.05) is 5.73 Å². The maximum Gasteiger partial charge on any atom is 0.156 e. The highest BCUT2D eigenvalue weighted by Gasteiger charge is 2.24. The van der Waals surface area contributed by atoms with Crippen molar-refractivity contribution >= 4 is 16.7 Å². The molecule has 1 fully saturated rings. The minimum absolute atomic E-state index is 0.0581. The Morgan fingerprint density at radius 2 is 2.00 bits per heavy atom. The summed E-state index contributed by atoms with van der Waals surface area (Å²) in [6, 6.07) is 3.17. The van der Waals surface area contributed by atoms with Crippen molar-refractivity contribution in [2.24, 2.45) is 11.8 Å². The van der Waals surface area contributed by atoms with Crippen LogP contribution < -0.4 is 10.5 Å². The number of ether oxygens (including phenoxy) is 1. The second kappa shape index (κ2) is 6.83. The van der Waals surface area contributed by atoms with E-state index in [-0.39, 0.29) is 11.9 Å². The smallest absolute Gasteiger partial charge is 0.156 e. The Bertz CT molecular complexity index is 740. The van der Waals surface area contributed by atoms with Gasteiger partial charge in [-0.25, -0.2) is 4.39 Å². The largest absolute Gasteiger partial charge is 0.490 e. The van der Waals surface area contributed by atoms with Crippen molar-refractivity contribution in [1.82, 2.24) is 10.2 Å². The molecule has 1 saturated carbocycles. The van der Waals surface area contributed by atoms with E-state index in [1.807, 2.05) is 0 Å². The van der Waals surface area contributed by atoms with E-state index < -0.39 is 5.82 Å². The summed E-state index contributed by atoms with van der Waals surface area (Å²) in [5.74, 6) is 1.42. The zero-order valence-corrected chi connectivity index (χ0v) is 14.6. The number of allylic oxidation sites excluding steroid dienone is 2. The SMILES string of the molecule is CC(C)C=C1CCC(C(C)Oc2cc(F)c3c(N)n[nH]c3c2)CC1. The monoisotopic (exact) mass is 331 g/mol. The molecule has 1 atom stereocenters. The quantitative estimate of drug-likeness (QED) is 0.789. The molecular formula is C19H26FN3O. The molecule has 24 heavy (non-hydrogen) atoms. The number of hydrogen-bond acceptors (Lipinski definition) is 3. The van der Waals surface area contributed by atoms with E-state index in [4.69, 9.17) is 10.5 Å². The molecule has 1 aliphatic rings. The molecule has 1 heterocycles. The van der Waals surface area contributed by atoms with Crippen LogP contribution in [0.3, 0.4) is 0 Å². The first-order valence-electron chi connectivity index (χ1n) is 8.73. The van der Waals surface area contributed by atoms with Gasteiger partial charge in [-0.1, -0.05) is 25.5 Å². The lowest BCUT2D eigenvalue weighted by molar-refractivity contribution is 0.131. The molecule has 2 aromatic rings. The number of hydrogen-bond donors (Lipinski definition) is 2. The second-order valence-electron chi connectivity index (χ2n) is 7.17. The summed E-state index contributed by atoms with van der Waals surface area (Å²) in [5.41, 5.74) is 7.80. The molecule has 1 aromatic carbocycles. The number of nitrogens with one attached hydrogen (secondary N) is 1. The molecule has 1 aliphatic carbocycles. The van der Waals surface area contributed by atoms with Gasteiger partial charge in [0.05, 0.1) is 17.0 Å². The van der Waals surface area contributed by atoms with Crippen molar-refractivity contribution in [1.29, 1.82) is 0 Å². The number of benzene rings is 1. The summed E-state index contributed by atoms with van der Waals surface area (Å²) >= 11 is 0. The van der Waals surface area contributed by atoms with Crippen LogP contribution in [0.1, 0.15) is 46.5 Å². The normalized spacial score (nSPS) is 19.7. The predicted octanol–water partition coefficient (Wildman–Crippen LogP) is 4.82. The van der Waals surface area contributed by atoms with Crippen LogP contribution in [0.5, 0.6) is 5.75 Å². The van der Waals surface area contributed by atoms with Gasteiger partial charge in [0.2, 0.25) is 0 Å². The van der Waals surface area contributed by atoms with Crippen LogP contribution in [0.15, 0.2) is 23.8 Å². The standard InChI is InChI=1S/C19H26FN3O/c1-11(2)8-13-4-6-14(7-5-13)12(3)24-15-9-16(20)18-17(10-15)22-23-19(18)21/h8-12,14H,4-7H2,1-3H3,(H3,21,22,23). The van der Waals surface area contributed by atoms with Crippen LogP contribution in [0.2, 0.25) is 0 Å². The Labute approximate surface area is 142 Å². The molecule has 1 aromatic heterocycles. The maximum absolute atomic E-state index is 14.2. The molecule has 0 radical (unpaired) electrons. The molecule has 3 N–H and O–H groups in total. The number of halogens is 1. The topological polar surface area (TPSA) is 63.9 Å². The summed E-state index contributed by atoms with van der Waals surface area (Å²) in [7, 11) is 0. The second-order valence-corrected chi connectivity index (χ2v) is 7.17. The van der Waals surface area contributed by atoms with Gasteiger partial charge in [0.25, 0.3) is 0 Å². The van der Waals surface area contributed by atoms with Gasteiger partial charge >= 0.3 is 0 Å². The number of nitrogens with two attached hydrogens (primary N) is 1. The van der Waals surface area contributed by atoms with Crippen LogP contribution in [-0.4, -0.2) is 16.3 Å². The van der Waals surface area contributed by atoms with Crippen molar-refractivity contribution in [3.05, 3.63) is 29.6 Å². The predicted molar refractivity (Wildman–Crippen MR) is 95.4 cm³/mol. The van der Waals surface area contributed by atoms with Crippen molar-refractivity contribution < 1.29 is 9.13 Å². The van der Waals surface area contributed by atoms with Gasteiger partial charge in [-0.3, -0.25) is 5.10 Å². The number of anilines is 1. The third-order valence-electron chi connectivity index (χ3n) is 4.84. The molecule has 130 valence electrons. The summed E-state index contributed by atoms with van der Waals surface area (Å²) in [6.45, 7) is 6.51. The lowest BCUT2D eigenvalue weighted by Gasteiger charge is -2.29. The average molecular weight is 331 g/mol. The van der Waals surface area contributed by atoms with E-state index in [1.54, 1.807) is 11.6 Å². The average Bonchev–Trinajstić information content (AvgIpc) is 2.89. The summed E-state index contributed by atoms with van der Waals surface area (Å²) in [6.07, 6.45) is 6.97. The third kappa shape index (κ3) is 3.55. The molecule has 0 spiro atoms. The fourth-order valence-electron chi connectivity index (χ4n) is 3.60. The Morgan fingerprint density at radius 3 is 2.67 bits per heavy atom. The Kier molecular flexibility index (Phi) is 4.78. The van der Waals surface area contributed by atoms with Crippen molar-refractivity contribution in [2.45, 2.75) is 52.6 Å². The van der Waals surface area contributed by atoms with Gasteiger partial charge in [-0.2, -0.15) is 5.10 Å². The highest BCUT2D eigenvalue weighted by molar-refractivity contribution is 5.90. The van der Waals surface area contributed by atoms with Gasteiger partial charge in [0.1, 0.15) is 11.6 Å². The van der Waals surface area contributed by atoms with Gasteiger partial charge in [0.15, 0.2) is 5.82 Å². The Balaban J connectivity index is 1.66. The van der Waals surface area contributed by atoms with Crippen LogP contribution in [0.25, 0.3) is 10.9 Å². The Morgan fingerprint density at radius 1 is 1.29 bits per heavy atom. The lowest BCUT2D eigenvalue weighted by atomic mass is 9.82. The molecule has 4 nitrogen and oxygen atoms in total. The van der Waals surface area contributed by atoms with E-state index in [1.165, 1.54) is 6.07 Å². The number of fused-ring (bicyclic) bond motifs is 1. The first-order valence-corrected chi connectivity index (χ1v) is 8.73. The van der Waals surface area contributed by atoms with Gasteiger partial charge < -0.3 is 10.5 Å². The molecule has 5 heteroatoms. The fourth-order valence-corrected chi connectivity index (χ4v) is 3.60. The van der Waals surface area contributed by atoms with E-state index in [0.717, 1.165) is 25.7 Å². The van der Waals surface area contributed by atoms with Crippen molar-refractivity contribution in [3.63, 3.8) is 0 Å². The molecule has 0 bridgehead atoms. The van der Waals surface area contributed by atoms with Gasteiger partial charge in [-0.05, 0) is 44.4 Å². The summed E-state index contributed by atoms with van der Waals surface area (Å²) in [5, 5.41) is 6.92. The minimum Gasteiger partial charge on any atom is -0.490 e. The zero-order valence-electron chi connectivity index (χ0n) is 14.6. The molecular weight excluding hydrogens is 305 g/mol. The van der Waals surface area contributed by atoms with E-state index in [2.05, 4.69) is 37.0 Å². The van der Waals surface area contributed by atoms with E-state index in [9.17, 15) is 4.39 Å². The van der Waals surface area contributed by atoms with Crippen LogP contribution in [0.4, 0.5) is 10.2 Å². The third-order valence-corrected chi connectivity index (χ3v) is 4.84. The number of nitrogens with zero attached hydrogens (tertiary/aromatic N) is 1. The fraction of sp³-hybridized carbons (Fsp3) is 0.526. The summed E-state index contributed by atoms with van der Waals surface area (Å²) < 4.78 is 20.2. The van der Waals surface area contributed by atoms with Gasteiger partial charge in [0, 0.05) is 12.1 Å². The van der Waals surface area contributed by atoms with Crippen LogP contribution >= 0.6 is 0 Å². The highest BCUT2D eigenvalue weighted by atomic mass is 19.1. The number of aromatic amines is 1. The molecule has 1 unspecified atom stereocenters. The summed E-state index contributed by atoms with van der Waals surface area (Å²) in [4.78, 5) is 0. The molecule has 3 rings (SSSR count). The zero-order chi connectivity index (χ0) is 17.3. The number of H-pyrrole nitrogens is 1. The first-order chi connectivity index (χ1) is 11.4. The molecule has 0 amide bonds. The lowest BCUT2D eigenvalue weighted by Crippen LogP contribution is -2.26.